The number of ether oxygens (including phenoxy) is 2. The first-order valence-corrected chi connectivity index (χ1v) is 10.4. The van der Waals surface area contributed by atoms with Gasteiger partial charge in [-0.15, -0.1) is 18.3 Å². The molecule has 4 aromatic rings. The Morgan fingerprint density at radius 1 is 1.03 bits per heavy atom. The summed E-state index contributed by atoms with van der Waals surface area (Å²) in [5.41, 5.74) is 2.74. The lowest BCUT2D eigenvalue weighted by atomic mass is 10.1. The van der Waals surface area contributed by atoms with Crippen LogP contribution in [0.3, 0.4) is 0 Å². The van der Waals surface area contributed by atoms with E-state index in [1.165, 1.54) is 35.3 Å². The first-order valence-electron chi connectivity index (χ1n) is 10.0. The summed E-state index contributed by atoms with van der Waals surface area (Å²) in [7, 11) is 0. The van der Waals surface area contributed by atoms with Crippen molar-refractivity contribution in [3.8, 4) is 28.6 Å². The van der Waals surface area contributed by atoms with Crippen molar-refractivity contribution < 1.29 is 27.4 Å². The number of hydrogen-bond acceptors (Lipinski definition) is 5. The maximum Gasteiger partial charge on any atom is 0.573 e. The summed E-state index contributed by atoms with van der Waals surface area (Å²) >= 11 is 5.92. The smallest absolute Gasteiger partial charge is 0.426 e. The van der Waals surface area contributed by atoms with Crippen LogP contribution >= 0.6 is 11.6 Å². The normalized spacial score (nSPS) is 11.3. The number of hydrogen-bond donors (Lipinski definition) is 0. The molecule has 6 nitrogen and oxygen atoms in total. The molecule has 0 saturated heterocycles. The van der Waals surface area contributed by atoms with Crippen LogP contribution in [-0.2, 0) is 11.2 Å². The lowest BCUT2D eigenvalue weighted by Gasteiger charge is -2.09. The van der Waals surface area contributed by atoms with Gasteiger partial charge in [-0.1, -0.05) is 35.9 Å². The highest BCUT2D eigenvalue weighted by molar-refractivity contribution is 6.30. The van der Waals surface area contributed by atoms with Gasteiger partial charge in [0.2, 0.25) is 0 Å². The highest BCUT2D eigenvalue weighted by Gasteiger charge is 2.31. The van der Waals surface area contributed by atoms with Crippen LogP contribution in [0.5, 0.6) is 11.5 Å². The Morgan fingerprint density at radius 3 is 2.38 bits per heavy atom. The van der Waals surface area contributed by atoms with Crippen molar-refractivity contribution in [2.24, 2.45) is 0 Å². The minimum atomic E-state index is -4.75. The van der Waals surface area contributed by atoms with E-state index in [-0.39, 0.29) is 12.2 Å². The van der Waals surface area contributed by atoms with Crippen LogP contribution in [0.4, 0.5) is 13.2 Å². The summed E-state index contributed by atoms with van der Waals surface area (Å²) in [5, 5.41) is 4.92. The predicted octanol–water partition coefficient (Wildman–Crippen LogP) is 5.94. The third kappa shape index (κ3) is 5.93. The first-order chi connectivity index (χ1) is 16.2. The minimum Gasteiger partial charge on any atom is -0.426 e. The fourth-order valence-electron chi connectivity index (χ4n) is 3.14. The largest absolute Gasteiger partial charge is 0.573 e. The van der Waals surface area contributed by atoms with E-state index in [0.29, 0.717) is 27.8 Å². The van der Waals surface area contributed by atoms with Crippen LogP contribution in [0.25, 0.3) is 17.1 Å². The Bertz CT molecular complexity index is 1300. The number of benzene rings is 3. The Labute approximate surface area is 197 Å². The maximum absolute atomic E-state index is 12.3. The number of rotatable bonds is 6. The zero-order valence-electron chi connectivity index (χ0n) is 17.7. The Morgan fingerprint density at radius 2 is 1.74 bits per heavy atom. The van der Waals surface area contributed by atoms with Crippen LogP contribution in [0.1, 0.15) is 11.1 Å². The van der Waals surface area contributed by atoms with E-state index in [4.69, 9.17) is 16.3 Å². The topological polar surface area (TPSA) is 66.2 Å². The highest BCUT2D eigenvalue weighted by atomic mass is 35.5. The van der Waals surface area contributed by atoms with E-state index < -0.39 is 12.3 Å². The number of carbonyl (C=O) groups is 1. The van der Waals surface area contributed by atoms with Gasteiger partial charge in [0.25, 0.3) is 0 Å². The number of alkyl halides is 3. The van der Waals surface area contributed by atoms with E-state index >= 15 is 0 Å². The Kier molecular flexibility index (Phi) is 6.56. The number of carbonyl (C=O) groups excluding carboxylic acids is 1. The molecular formula is C24H17ClF3N3O3. The number of nitrogens with zero attached hydrogens (tertiary/aromatic N) is 3. The summed E-state index contributed by atoms with van der Waals surface area (Å²) in [6, 6.07) is 17.4. The lowest BCUT2D eigenvalue weighted by molar-refractivity contribution is -0.274. The van der Waals surface area contributed by atoms with Crippen LogP contribution in [0.2, 0.25) is 5.02 Å². The molecule has 0 amide bonds. The molecule has 4 rings (SSSR count). The molecule has 0 aliphatic carbocycles. The number of esters is 1. The van der Waals surface area contributed by atoms with Gasteiger partial charge < -0.3 is 9.47 Å². The van der Waals surface area contributed by atoms with Crippen molar-refractivity contribution >= 4 is 17.6 Å². The molecule has 0 bridgehead atoms. The monoisotopic (exact) mass is 487 g/mol. The van der Waals surface area contributed by atoms with E-state index in [9.17, 15) is 18.0 Å². The molecule has 0 spiro atoms. The molecule has 10 heteroatoms. The first kappa shape index (κ1) is 23.3. The van der Waals surface area contributed by atoms with Crippen molar-refractivity contribution in [2.45, 2.75) is 19.7 Å². The van der Waals surface area contributed by atoms with Gasteiger partial charge in [0.15, 0.2) is 5.82 Å². The SMILES string of the molecule is Cc1cc(Cl)ccc1OC(=O)Cc1ccc(-c2ncn(-c3ccc(OC(F)(F)F)cc3)n2)cc1. The van der Waals surface area contributed by atoms with E-state index in [1.54, 1.807) is 49.4 Å². The van der Waals surface area contributed by atoms with E-state index in [0.717, 1.165) is 11.1 Å². The molecule has 3 aromatic carbocycles. The molecule has 0 radical (unpaired) electrons. The Balaban J connectivity index is 1.40. The molecule has 0 fully saturated rings. The minimum absolute atomic E-state index is 0.0799. The van der Waals surface area contributed by atoms with Gasteiger partial charge in [-0.3, -0.25) is 4.79 Å². The van der Waals surface area contributed by atoms with Crippen molar-refractivity contribution in [2.75, 3.05) is 0 Å². The van der Waals surface area contributed by atoms with Crippen molar-refractivity contribution in [1.82, 2.24) is 14.8 Å². The van der Waals surface area contributed by atoms with Crippen LogP contribution in [0.15, 0.2) is 73.1 Å². The average Bonchev–Trinajstić information content (AvgIpc) is 3.26. The molecule has 0 saturated carbocycles. The van der Waals surface area contributed by atoms with Crippen LogP contribution in [0, 0.1) is 6.92 Å². The lowest BCUT2D eigenvalue weighted by Crippen LogP contribution is -2.17. The van der Waals surface area contributed by atoms with Gasteiger partial charge in [-0.05, 0) is 60.5 Å². The van der Waals surface area contributed by atoms with Crippen molar-refractivity contribution in [3.63, 3.8) is 0 Å². The molecule has 174 valence electrons. The third-order valence-corrected chi connectivity index (χ3v) is 4.98. The summed E-state index contributed by atoms with van der Waals surface area (Å²) in [6.07, 6.45) is -3.22. The number of aryl methyl sites for hydroxylation is 1. The molecule has 1 aromatic heterocycles. The second-order valence-electron chi connectivity index (χ2n) is 7.31. The predicted molar refractivity (Wildman–Crippen MR) is 119 cm³/mol. The number of halogens is 4. The second kappa shape index (κ2) is 9.56. The average molecular weight is 488 g/mol. The fourth-order valence-corrected chi connectivity index (χ4v) is 3.37. The molecule has 0 N–H and O–H groups in total. The summed E-state index contributed by atoms with van der Waals surface area (Å²) in [4.78, 5) is 16.5. The van der Waals surface area contributed by atoms with Gasteiger partial charge in [0.05, 0.1) is 12.1 Å². The molecule has 1 heterocycles. The summed E-state index contributed by atoms with van der Waals surface area (Å²) < 4.78 is 47.6. The number of aromatic nitrogens is 3. The molecule has 0 aliphatic heterocycles. The zero-order chi connectivity index (χ0) is 24.3. The molecular weight excluding hydrogens is 471 g/mol. The standard InChI is InChI=1S/C24H17ClF3N3O3/c1-15-12-18(25)6-11-21(15)33-22(32)13-16-2-4-17(5-3-16)23-29-14-31(30-23)19-7-9-20(10-8-19)34-24(26,27)28/h2-12,14H,13H2,1H3. The highest BCUT2D eigenvalue weighted by Crippen LogP contribution is 2.25. The fraction of sp³-hybridized carbons (Fsp3) is 0.125. The van der Waals surface area contributed by atoms with Crippen LogP contribution in [-0.4, -0.2) is 27.1 Å². The van der Waals surface area contributed by atoms with Gasteiger partial charge in [-0.2, -0.15) is 0 Å². The van der Waals surface area contributed by atoms with Crippen LogP contribution < -0.4 is 9.47 Å². The zero-order valence-corrected chi connectivity index (χ0v) is 18.5. The Hall–Kier alpha value is -3.85. The van der Waals surface area contributed by atoms with Crippen molar-refractivity contribution in [1.29, 1.82) is 0 Å². The second-order valence-corrected chi connectivity index (χ2v) is 7.75. The van der Waals surface area contributed by atoms with E-state index in [1.807, 2.05) is 0 Å². The molecule has 0 unspecified atom stereocenters. The quantitative estimate of drug-likeness (QED) is 0.248. The maximum atomic E-state index is 12.3. The molecule has 0 aliphatic rings. The van der Waals surface area contributed by atoms with Gasteiger partial charge in [-0.25, -0.2) is 9.67 Å². The van der Waals surface area contributed by atoms with E-state index in [2.05, 4.69) is 14.8 Å². The summed E-state index contributed by atoms with van der Waals surface area (Å²) in [5.74, 6) is 0.149. The third-order valence-electron chi connectivity index (χ3n) is 4.75. The van der Waals surface area contributed by atoms with Crippen molar-refractivity contribution in [3.05, 3.63) is 89.2 Å². The van der Waals surface area contributed by atoms with Gasteiger partial charge in [0, 0.05) is 10.6 Å². The van der Waals surface area contributed by atoms with Gasteiger partial charge in [0.1, 0.15) is 17.8 Å². The summed E-state index contributed by atoms with van der Waals surface area (Å²) in [6.45, 7) is 1.81. The van der Waals surface area contributed by atoms with Gasteiger partial charge >= 0.3 is 12.3 Å². The molecule has 0 atom stereocenters. The molecule has 34 heavy (non-hydrogen) atoms.